The van der Waals surface area contributed by atoms with Crippen molar-refractivity contribution >= 4 is 11.6 Å². The molecule has 1 aliphatic rings. The molecule has 0 radical (unpaired) electrons. The predicted molar refractivity (Wildman–Crippen MR) is 82.9 cm³/mol. The number of benzene rings is 1. The number of nitrogens with zero attached hydrogens (tertiary/aromatic N) is 1. The van der Waals surface area contributed by atoms with Gasteiger partial charge in [0.1, 0.15) is 0 Å². The van der Waals surface area contributed by atoms with E-state index in [1.807, 2.05) is 12.1 Å². The monoisotopic (exact) mass is 280 g/mol. The smallest absolute Gasteiger partial charge is 0.0408 e. The van der Waals surface area contributed by atoms with Gasteiger partial charge in [0.15, 0.2) is 0 Å². The lowest BCUT2D eigenvalue weighted by molar-refractivity contribution is 0.226. The third-order valence-corrected chi connectivity index (χ3v) is 3.99. The van der Waals surface area contributed by atoms with Crippen LogP contribution in [0.25, 0.3) is 0 Å². The summed E-state index contributed by atoms with van der Waals surface area (Å²) < 4.78 is 0. The Bertz CT molecular complexity index is 362. The summed E-state index contributed by atoms with van der Waals surface area (Å²) in [5.74, 6) is 0. The minimum absolute atomic E-state index is 0.836. The van der Waals surface area contributed by atoms with Crippen LogP contribution in [-0.4, -0.2) is 37.6 Å². The highest BCUT2D eigenvalue weighted by Gasteiger charge is 2.08. The van der Waals surface area contributed by atoms with Crippen molar-refractivity contribution in [2.75, 3.05) is 32.7 Å². The lowest BCUT2D eigenvalue weighted by atomic mass is 10.1. The quantitative estimate of drug-likeness (QED) is 0.771. The Morgan fingerprint density at radius 3 is 2.74 bits per heavy atom. The highest BCUT2D eigenvalue weighted by molar-refractivity contribution is 6.30. The molecule has 2 nitrogen and oxygen atoms in total. The summed E-state index contributed by atoms with van der Waals surface area (Å²) in [6.07, 6.45) is 6.53. The molecule has 1 heterocycles. The van der Waals surface area contributed by atoms with Gasteiger partial charge in [-0.3, -0.25) is 0 Å². The van der Waals surface area contributed by atoms with Crippen LogP contribution in [0.4, 0.5) is 0 Å². The van der Waals surface area contributed by atoms with Crippen molar-refractivity contribution in [1.82, 2.24) is 10.2 Å². The molecule has 1 aromatic rings. The van der Waals surface area contributed by atoms with Crippen molar-refractivity contribution in [2.24, 2.45) is 0 Å². The zero-order valence-corrected chi connectivity index (χ0v) is 12.5. The molecule has 106 valence electrons. The molecule has 2 rings (SSSR count). The average molecular weight is 281 g/mol. The third-order valence-electron chi connectivity index (χ3n) is 3.76. The summed E-state index contributed by atoms with van der Waals surface area (Å²) in [5.41, 5.74) is 1.32. The van der Waals surface area contributed by atoms with E-state index in [4.69, 9.17) is 11.6 Å². The molecule has 1 aromatic carbocycles. The zero-order chi connectivity index (χ0) is 13.3. The van der Waals surface area contributed by atoms with Crippen molar-refractivity contribution in [1.29, 1.82) is 0 Å². The van der Waals surface area contributed by atoms with Gasteiger partial charge in [0, 0.05) is 5.02 Å². The molecule has 0 atom stereocenters. The molecule has 0 amide bonds. The first kappa shape index (κ1) is 14.8. The van der Waals surface area contributed by atoms with E-state index in [2.05, 4.69) is 22.3 Å². The van der Waals surface area contributed by atoms with Gasteiger partial charge < -0.3 is 10.2 Å². The Kier molecular flexibility index (Phi) is 6.69. The number of halogens is 1. The SMILES string of the molecule is Clc1cccc(CCNCCCN2CCCCC2)c1. The van der Waals surface area contributed by atoms with Gasteiger partial charge >= 0.3 is 0 Å². The predicted octanol–water partition coefficient (Wildman–Crippen LogP) is 3.35. The van der Waals surface area contributed by atoms with Gasteiger partial charge in [-0.2, -0.15) is 0 Å². The van der Waals surface area contributed by atoms with Gasteiger partial charge in [-0.15, -0.1) is 0 Å². The standard InChI is InChI=1S/C16H25ClN2/c17-16-7-4-6-15(14-16)8-10-18-9-5-13-19-11-2-1-3-12-19/h4,6-7,14,18H,1-3,5,8-13H2. The maximum atomic E-state index is 5.97. The van der Waals surface area contributed by atoms with Crippen molar-refractivity contribution in [3.63, 3.8) is 0 Å². The fourth-order valence-corrected chi connectivity index (χ4v) is 2.87. The Morgan fingerprint density at radius 1 is 1.11 bits per heavy atom. The summed E-state index contributed by atoms with van der Waals surface area (Å²) in [6, 6.07) is 8.14. The topological polar surface area (TPSA) is 15.3 Å². The molecular formula is C16H25ClN2. The van der Waals surface area contributed by atoms with Crippen LogP contribution in [0.3, 0.4) is 0 Å². The van der Waals surface area contributed by atoms with E-state index in [1.54, 1.807) is 0 Å². The van der Waals surface area contributed by atoms with E-state index < -0.39 is 0 Å². The van der Waals surface area contributed by atoms with E-state index in [9.17, 15) is 0 Å². The molecule has 0 saturated carbocycles. The van der Waals surface area contributed by atoms with Crippen LogP contribution in [0, 0.1) is 0 Å². The Balaban J connectivity index is 1.50. The van der Waals surface area contributed by atoms with Gasteiger partial charge in [-0.25, -0.2) is 0 Å². The molecule has 3 heteroatoms. The molecule has 1 fully saturated rings. The van der Waals surface area contributed by atoms with E-state index in [0.717, 1.165) is 24.5 Å². The molecule has 0 aromatic heterocycles. The molecule has 0 aliphatic carbocycles. The largest absolute Gasteiger partial charge is 0.316 e. The normalized spacial score (nSPS) is 16.7. The molecular weight excluding hydrogens is 256 g/mol. The molecule has 19 heavy (non-hydrogen) atoms. The summed E-state index contributed by atoms with van der Waals surface area (Å²) >= 11 is 5.97. The van der Waals surface area contributed by atoms with Gasteiger partial charge in [0.05, 0.1) is 0 Å². The Hall–Kier alpha value is -0.570. The van der Waals surface area contributed by atoms with Crippen molar-refractivity contribution in [2.45, 2.75) is 32.1 Å². The molecule has 1 saturated heterocycles. The van der Waals surface area contributed by atoms with Crippen LogP contribution in [-0.2, 0) is 6.42 Å². The Morgan fingerprint density at radius 2 is 1.95 bits per heavy atom. The lowest BCUT2D eigenvalue weighted by Gasteiger charge is -2.26. The second-order valence-electron chi connectivity index (χ2n) is 5.39. The van der Waals surface area contributed by atoms with Gasteiger partial charge in [-0.1, -0.05) is 30.2 Å². The van der Waals surface area contributed by atoms with E-state index >= 15 is 0 Å². The van der Waals surface area contributed by atoms with Gasteiger partial charge in [0.2, 0.25) is 0 Å². The molecule has 1 N–H and O–H groups in total. The van der Waals surface area contributed by atoms with E-state index in [1.165, 1.54) is 50.9 Å². The van der Waals surface area contributed by atoms with Gasteiger partial charge in [0.25, 0.3) is 0 Å². The number of nitrogens with one attached hydrogen (secondary N) is 1. The molecule has 0 spiro atoms. The number of likely N-dealkylation sites (tertiary alicyclic amines) is 1. The molecule has 0 unspecified atom stereocenters. The van der Waals surface area contributed by atoms with Crippen LogP contribution < -0.4 is 5.32 Å². The average Bonchev–Trinajstić information content (AvgIpc) is 2.44. The molecule has 0 bridgehead atoms. The number of hydrogen-bond donors (Lipinski definition) is 1. The number of hydrogen-bond acceptors (Lipinski definition) is 2. The van der Waals surface area contributed by atoms with Crippen molar-refractivity contribution in [3.05, 3.63) is 34.9 Å². The Labute approximate surface area is 122 Å². The second kappa shape index (κ2) is 8.57. The summed E-state index contributed by atoms with van der Waals surface area (Å²) in [5, 5.41) is 4.36. The molecule has 1 aliphatic heterocycles. The second-order valence-corrected chi connectivity index (χ2v) is 5.82. The fourth-order valence-electron chi connectivity index (χ4n) is 2.66. The maximum Gasteiger partial charge on any atom is 0.0408 e. The van der Waals surface area contributed by atoms with Crippen molar-refractivity contribution < 1.29 is 0 Å². The summed E-state index contributed by atoms with van der Waals surface area (Å²) in [4.78, 5) is 2.60. The van der Waals surface area contributed by atoms with E-state index in [0.29, 0.717) is 0 Å². The van der Waals surface area contributed by atoms with Crippen molar-refractivity contribution in [3.8, 4) is 0 Å². The summed E-state index contributed by atoms with van der Waals surface area (Å²) in [7, 11) is 0. The first-order valence-corrected chi connectivity index (χ1v) is 7.90. The highest BCUT2D eigenvalue weighted by atomic mass is 35.5. The van der Waals surface area contributed by atoms with Gasteiger partial charge in [-0.05, 0) is 76.1 Å². The van der Waals surface area contributed by atoms with E-state index in [-0.39, 0.29) is 0 Å². The van der Waals surface area contributed by atoms with Crippen LogP contribution in [0.15, 0.2) is 24.3 Å². The fraction of sp³-hybridized carbons (Fsp3) is 0.625. The van der Waals surface area contributed by atoms with Crippen LogP contribution >= 0.6 is 11.6 Å². The first-order chi connectivity index (χ1) is 9.34. The zero-order valence-electron chi connectivity index (χ0n) is 11.7. The lowest BCUT2D eigenvalue weighted by Crippen LogP contribution is -2.32. The highest BCUT2D eigenvalue weighted by Crippen LogP contribution is 2.11. The van der Waals surface area contributed by atoms with Crippen LogP contribution in [0.1, 0.15) is 31.2 Å². The first-order valence-electron chi connectivity index (χ1n) is 7.52. The number of rotatable bonds is 7. The minimum Gasteiger partial charge on any atom is -0.316 e. The number of piperidine rings is 1. The van der Waals surface area contributed by atoms with Crippen LogP contribution in [0.2, 0.25) is 5.02 Å². The maximum absolute atomic E-state index is 5.97. The third kappa shape index (κ3) is 5.94. The summed E-state index contributed by atoms with van der Waals surface area (Å²) in [6.45, 7) is 6.03. The minimum atomic E-state index is 0.836. The van der Waals surface area contributed by atoms with Crippen LogP contribution in [0.5, 0.6) is 0 Å².